The van der Waals surface area contributed by atoms with Gasteiger partial charge in [0.05, 0.1) is 40.6 Å². The molecule has 3 aromatic heterocycles. The second-order valence-electron chi connectivity index (χ2n) is 24.6. The van der Waals surface area contributed by atoms with Crippen LogP contribution in [-0.4, -0.2) is 86.4 Å². The highest BCUT2D eigenvalue weighted by Gasteiger charge is 2.39. The number of aromatic nitrogens is 4. The van der Waals surface area contributed by atoms with Crippen molar-refractivity contribution >= 4 is 40.6 Å². The van der Waals surface area contributed by atoms with E-state index in [9.17, 15) is 14.4 Å². The smallest absolute Gasteiger partial charge is 0.410 e. The number of piperidine rings is 2. The summed E-state index contributed by atoms with van der Waals surface area (Å²) in [6.45, 7) is 29.8. The quantitative estimate of drug-likeness (QED) is 0.134. The van der Waals surface area contributed by atoms with E-state index in [0.29, 0.717) is 18.3 Å². The number of esters is 1. The van der Waals surface area contributed by atoms with Crippen LogP contribution >= 0.6 is 22.7 Å². The molecule has 2 saturated heterocycles. The van der Waals surface area contributed by atoms with Crippen LogP contribution in [-0.2, 0) is 53.7 Å². The molecule has 13 heteroatoms. The third-order valence-electron chi connectivity index (χ3n) is 16.2. The summed E-state index contributed by atoms with van der Waals surface area (Å²) < 4.78 is 12.0. The van der Waals surface area contributed by atoms with Gasteiger partial charge in [0, 0.05) is 72.0 Å². The van der Waals surface area contributed by atoms with Gasteiger partial charge in [-0.3, -0.25) is 14.3 Å². The molecule has 388 valence electrons. The predicted octanol–water partition coefficient (Wildman–Crippen LogP) is 13.4. The molecular weight excluding hydrogens is 937 g/mol. The van der Waals surface area contributed by atoms with Gasteiger partial charge in [-0.15, -0.1) is 22.7 Å². The lowest BCUT2D eigenvalue weighted by Crippen LogP contribution is -2.41. The van der Waals surface area contributed by atoms with Crippen LogP contribution in [0.1, 0.15) is 189 Å². The van der Waals surface area contributed by atoms with Gasteiger partial charge < -0.3 is 19.3 Å². The molecule has 9 rings (SSSR count). The van der Waals surface area contributed by atoms with Crippen molar-refractivity contribution in [1.82, 2.24) is 29.5 Å². The Kier molecular flexibility index (Phi) is 15.4. The van der Waals surface area contributed by atoms with Crippen molar-refractivity contribution in [1.29, 1.82) is 0 Å². The number of fused-ring (bicyclic) bond motifs is 2. The maximum atomic E-state index is 13.1. The molecule has 0 saturated carbocycles. The second-order valence-corrected chi connectivity index (χ2v) is 26.4. The van der Waals surface area contributed by atoms with E-state index in [2.05, 4.69) is 108 Å². The third kappa shape index (κ3) is 12.0. The largest absolute Gasteiger partial charge is 0.469 e. The number of amides is 2. The molecule has 0 atom stereocenters. The first-order chi connectivity index (χ1) is 33.8. The van der Waals surface area contributed by atoms with E-state index in [0.717, 1.165) is 74.6 Å². The minimum atomic E-state index is -0.448. The number of benzene rings is 2. The number of thiazole rings is 2. The molecule has 0 spiro atoms. The highest BCUT2D eigenvalue weighted by atomic mass is 32.1. The Balaban J connectivity index is 0.000000197. The Morgan fingerprint density at radius 3 is 1.54 bits per heavy atom. The number of carbonyl (C=O) groups is 3. The highest BCUT2D eigenvalue weighted by Crippen LogP contribution is 2.49. The molecule has 0 unspecified atom stereocenters. The van der Waals surface area contributed by atoms with Crippen molar-refractivity contribution in [3.05, 3.63) is 96.9 Å². The SMILES string of the molecule is CC(C)(C)OC(=O)N1CCC(c2nc(-c3ccc4c(c3)C(C)(C)CCC4(C)C)cs2)CC1.COC(=O)CCc1cc(C)n(CC(=O)N2CCC(c3nc(-c4ccc5c(c4)C(C)(C)CCC5(C)C)cs3)CC2)n1. The minimum Gasteiger partial charge on any atom is -0.469 e. The van der Waals surface area contributed by atoms with Gasteiger partial charge in [-0.25, -0.2) is 14.8 Å². The molecule has 72 heavy (non-hydrogen) atoms. The van der Waals surface area contributed by atoms with Gasteiger partial charge in [0.15, 0.2) is 0 Å². The van der Waals surface area contributed by atoms with Crippen molar-refractivity contribution in [2.75, 3.05) is 33.3 Å². The number of rotatable bonds is 9. The van der Waals surface area contributed by atoms with E-state index in [1.807, 2.05) is 43.6 Å². The lowest BCUT2D eigenvalue weighted by molar-refractivity contribution is -0.140. The summed E-state index contributed by atoms with van der Waals surface area (Å²) in [5, 5.41) is 11.3. The van der Waals surface area contributed by atoms with Crippen LogP contribution in [0.5, 0.6) is 0 Å². The maximum Gasteiger partial charge on any atom is 0.410 e. The minimum absolute atomic E-state index is 0.0867. The number of ether oxygens (including phenoxy) is 2. The van der Waals surface area contributed by atoms with Crippen molar-refractivity contribution in [2.24, 2.45) is 0 Å². The average molecular weight is 1020 g/mol. The molecule has 0 N–H and O–H groups in total. The van der Waals surface area contributed by atoms with E-state index in [4.69, 9.17) is 19.4 Å². The Bertz CT molecular complexity index is 2760. The fourth-order valence-electron chi connectivity index (χ4n) is 11.1. The average Bonchev–Trinajstić information content (AvgIpc) is 4.12. The Morgan fingerprint density at radius 2 is 1.10 bits per heavy atom. The van der Waals surface area contributed by atoms with Gasteiger partial charge in [-0.1, -0.05) is 79.7 Å². The summed E-state index contributed by atoms with van der Waals surface area (Å²) in [6.07, 6.45) is 9.20. The van der Waals surface area contributed by atoms with Crippen LogP contribution in [0, 0.1) is 6.92 Å². The summed E-state index contributed by atoms with van der Waals surface area (Å²) in [6, 6.07) is 15.9. The summed E-state index contributed by atoms with van der Waals surface area (Å²) in [4.78, 5) is 50.8. The maximum absolute atomic E-state index is 13.1. The molecule has 2 amide bonds. The van der Waals surface area contributed by atoms with Gasteiger partial charge in [0.25, 0.3) is 0 Å². The first-order valence-corrected chi connectivity index (χ1v) is 28.2. The van der Waals surface area contributed by atoms with Crippen molar-refractivity contribution in [3.8, 4) is 22.5 Å². The summed E-state index contributed by atoms with van der Waals surface area (Å²) >= 11 is 3.51. The number of hydrogen-bond acceptors (Lipinski definition) is 10. The molecule has 11 nitrogen and oxygen atoms in total. The van der Waals surface area contributed by atoms with E-state index < -0.39 is 5.60 Å². The monoisotopic (exact) mass is 1020 g/mol. The van der Waals surface area contributed by atoms with Crippen LogP contribution in [0.3, 0.4) is 0 Å². The molecule has 2 aliphatic carbocycles. The van der Waals surface area contributed by atoms with Gasteiger partial charge in [-0.05, 0) is 141 Å². The standard InChI is InChI=1S/C32H42N4O3S.C27H38N2O2S/c1-21-17-24(8-10-29(38)39-6)34-36(21)19-28(37)35-15-11-22(12-16-35)30-33-27(20-40-30)23-7-9-25-26(18-23)32(4,5)14-13-31(25,2)3;1-25(2,3)31-24(30)29-14-10-18(11-15-29)23-28-22(17-32-23)19-8-9-20-21(16-19)27(6,7)13-12-26(20,4)5/h7,9,17-18,20,22H,8,10-16,19H2,1-6H3;8-9,16-18H,10-15H2,1-7H3. The molecule has 4 aliphatic rings. The number of likely N-dealkylation sites (tertiary alicyclic amines) is 2. The van der Waals surface area contributed by atoms with Crippen LogP contribution in [0.4, 0.5) is 4.79 Å². The van der Waals surface area contributed by atoms with E-state index in [-0.39, 0.29) is 52.6 Å². The van der Waals surface area contributed by atoms with Crippen molar-refractivity contribution < 1.29 is 23.9 Å². The topological polar surface area (TPSA) is 120 Å². The molecule has 2 aromatic carbocycles. The highest BCUT2D eigenvalue weighted by molar-refractivity contribution is 7.10. The van der Waals surface area contributed by atoms with Gasteiger partial charge >= 0.3 is 12.1 Å². The first kappa shape index (κ1) is 53.4. The molecule has 5 heterocycles. The number of methoxy groups -OCH3 is 1. The number of aryl methyl sites for hydroxylation is 2. The van der Waals surface area contributed by atoms with Crippen molar-refractivity contribution in [3.63, 3.8) is 0 Å². The van der Waals surface area contributed by atoms with Crippen LogP contribution in [0.15, 0.2) is 53.2 Å². The molecule has 2 fully saturated rings. The fraction of sp³-hybridized carbons (Fsp3) is 0.593. The zero-order valence-corrected chi connectivity index (χ0v) is 47.1. The summed E-state index contributed by atoms with van der Waals surface area (Å²) in [7, 11) is 1.39. The lowest BCUT2D eigenvalue weighted by atomic mass is 9.63. The molecular formula is C59H80N6O5S2. The number of hydrogen-bond donors (Lipinski definition) is 0. The van der Waals surface area contributed by atoms with E-state index >= 15 is 0 Å². The number of nitrogens with zero attached hydrogens (tertiary/aromatic N) is 6. The molecule has 0 bridgehead atoms. The predicted molar refractivity (Wildman–Crippen MR) is 291 cm³/mol. The van der Waals surface area contributed by atoms with Crippen molar-refractivity contribution in [2.45, 2.75) is 193 Å². The Morgan fingerprint density at radius 1 is 0.653 bits per heavy atom. The Hall–Kier alpha value is -4.88. The lowest BCUT2D eigenvalue weighted by Gasteiger charge is -2.42. The zero-order chi connectivity index (χ0) is 52.0. The van der Waals surface area contributed by atoms with E-state index in [1.54, 1.807) is 27.4 Å². The van der Waals surface area contributed by atoms with Crippen LogP contribution in [0.25, 0.3) is 22.5 Å². The zero-order valence-electron chi connectivity index (χ0n) is 45.5. The second kappa shape index (κ2) is 20.8. The molecule has 0 radical (unpaired) electrons. The molecule has 2 aliphatic heterocycles. The van der Waals surface area contributed by atoms with E-state index in [1.165, 1.54) is 76.2 Å². The summed E-state index contributed by atoms with van der Waals surface area (Å²) in [5.41, 5.74) is 12.6. The Labute approximate surface area is 437 Å². The molecule has 5 aromatic rings. The van der Waals surface area contributed by atoms with Crippen LogP contribution < -0.4 is 0 Å². The third-order valence-corrected chi connectivity index (χ3v) is 18.2. The normalized spacial score (nSPS) is 19.4. The van der Waals surface area contributed by atoms with Gasteiger partial charge in [0.2, 0.25) is 5.91 Å². The van der Waals surface area contributed by atoms with Gasteiger partial charge in [-0.2, -0.15) is 5.10 Å². The summed E-state index contributed by atoms with van der Waals surface area (Å²) in [5.74, 6) is 0.630. The van der Waals surface area contributed by atoms with Crippen LogP contribution in [0.2, 0.25) is 0 Å². The number of carbonyl (C=O) groups excluding carboxylic acids is 3. The first-order valence-electron chi connectivity index (χ1n) is 26.4. The fourth-order valence-corrected chi connectivity index (χ4v) is 13.1. The van der Waals surface area contributed by atoms with Gasteiger partial charge in [0.1, 0.15) is 12.1 Å².